The van der Waals surface area contributed by atoms with E-state index in [1.54, 1.807) is 0 Å². The Labute approximate surface area is 130 Å². The van der Waals surface area contributed by atoms with Crippen LogP contribution in [-0.2, 0) is 0 Å². The van der Waals surface area contributed by atoms with Crippen LogP contribution >= 0.6 is 11.8 Å². The molecule has 0 aromatic carbocycles. The second-order valence-corrected chi connectivity index (χ2v) is 8.55. The van der Waals surface area contributed by atoms with Crippen LogP contribution in [0.15, 0.2) is 0 Å². The summed E-state index contributed by atoms with van der Waals surface area (Å²) in [6.45, 7) is 0. The van der Waals surface area contributed by atoms with Crippen molar-refractivity contribution in [3.05, 3.63) is 0 Å². The standard InChI is InChI=1S/C18H35NS/c19-17-14-10-5-3-1-2-4-6-11-15-18(17)20-16-12-8-7-9-13-16/h16-18H,1-15,19H2. The molecule has 0 aliphatic heterocycles. The fraction of sp³-hybridized carbons (Fsp3) is 1.00. The Balaban J connectivity index is 1.80. The fourth-order valence-electron chi connectivity index (χ4n) is 3.80. The highest BCUT2D eigenvalue weighted by atomic mass is 32.2. The second-order valence-electron chi connectivity index (χ2n) is 7.00. The van der Waals surface area contributed by atoms with E-state index in [4.69, 9.17) is 5.73 Å². The van der Waals surface area contributed by atoms with E-state index in [1.165, 1.54) is 96.3 Å². The van der Waals surface area contributed by atoms with Gasteiger partial charge in [-0.3, -0.25) is 0 Å². The SMILES string of the molecule is NC1CCCCCCCCCCC1SC1CCCCC1. The van der Waals surface area contributed by atoms with Gasteiger partial charge in [0, 0.05) is 16.5 Å². The predicted octanol–water partition coefficient (Wildman–Crippen LogP) is 5.66. The Morgan fingerprint density at radius 3 is 1.65 bits per heavy atom. The smallest absolute Gasteiger partial charge is 0.0201 e. The summed E-state index contributed by atoms with van der Waals surface area (Å²) >= 11 is 2.28. The molecule has 0 amide bonds. The van der Waals surface area contributed by atoms with Crippen molar-refractivity contribution in [2.24, 2.45) is 5.73 Å². The zero-order valence-electron chi connectivity index (χ0n) is 13.3. The van der Waals surface area contributed by atoms with Gasteiger partial charge in [0.15, 0.2) is 0 Å². The molecule has 0 radical (unpaired) electrons. The van der Waals surface area contributed by atoms with Gasteiger partial charge in [-0.1, -0.05) is 70.6 Å². The molecule has 0 aromatic rings. The quantitative estimate of drug-likeness (QED) is 0.711. The first-order chi connectivity index (χ1) is 9.86. The van der Waals surface area contributed by atoms with Crippen molar-refractivity contribution < 1.29 is 0 Å². The first kappa shape index (κ1) is 16.7. The summed E-state index contributed by atoms with van der Waals surface area (Å²) in [6.07, 6.45) is 21.4. The lowest BCUT2D eigenvalue weighted by molar-refractivity contribution is 0.467. The summed E-state index contributed by atoms with van der Waals surface area (Å²) in [6, 6.07) is 0.460. The van der Waals surface area contributed by atoms with Gasteiger partial charge in [-0.25, -0.2) is 0 Å². The van der Waals surface area contributed by atoms with Gasteiger partial charge in [0.1, 0.15) is 0 Å². The summed E-state index contributed by atoms with van der Waals surface area (Å²) < 4.78 is 0. The van der Waals surface area contributed by atoms with Crippen molar-refractivity contribution in [2.75, 3.05) is 0 Å². The van der Waals surface area contributed by atoms with Crippen LogP contribution in [0.2, 0.25) is 0 Å². The summed E-state index contributed by atoms with van der Waals surface area (Å²) in [5, 5.41) is 1.67. The van der Waals surface area contributed by atoms with Gasteiger partial charge in [0.25, 0.3) is 0 Å². The van der Waals surface area contributed by atoms with Gasteiger partial charge in [0.2, 0.25) is 0 Å². The lowest BCUT2D eigenvalue weighted by atomic mass is 9.98. The molecule has 0 heterocycles. The Bertz CT molecular complexity index is 238. The van der Waals surface area contributed by atoms with Gasteiger partial charge in [0.05, 0.1) is 0 Å². The number of thioether (sulfide) groups is 1. The zero-order chi connectivity index (χ0) is 14.0. The largest absolute Gasteiger partial charge is 0.327 e. The van der Waals surface area contributed by atoms with Crippen molar-refractivity contribution in [1.82, 2.24) is 0 Å². The maximum absolute atomic E-state index is 6.56. The van der Waals surface area contributed by atoms with Crippen LogP contribution in [0.1, 0.15) is 96.3 Å². The summed E-state index contributed by atoms with van der Waals surface area (Å²) in [5.74, 6) is 0. The van der Waals surface area contributed by atoms with Gasteiger partial charge >= 0.3 is 0 Å². The van der Waals surface area contributed by atoms with Crippen LogP contribution in [0.5, 0.6) is 0 Å². The molecular formula is C18H35NS. The molecule has 0 saturated heterocycles. The van der Waals surface area contributed by atoms with E-state index in [1.807, 2.05) is 0 Å². The van der Waals surface area contributed by atoms with E-state index in [-0.39, 0.29) is 0 Å². The number of nitrogens with two attached hydrogens (primary N) is 1. The third-order valence-corrected chi connectivity index (χ3v) is 6.96. The lowest BCUT2D eigenvalue weighted by Crippen LogP contribution is -2.34. The van der Waals surface area contributed by atoms with E-state index in [2.05, 4.69) is 11.8 Å². The molecular weight excluding hydrogens is 262 g/mol. The molecule has 118 valence electrons. The molecule has 2 rings (SSSR count). The van der Waals surface area contributed by atoms with Gasteiger partial charge in [-0.2, -0.15) is 11.8 Å². The number of hydrogen-bond donors (Lipinski definition) is 1. The van der Waals surface area contributed by atoms with E-state index in [0.29, 0.717) is 6.04 Å². The molecule has 2 saturated carbocycles. The predicted molar refractivity (Wildman–Crippen MR) is 92.4 cm³/mol. The first-order valence-electron chi connectivity index (χ1n) is 9.27. The van der Waals surface area contributed by atoms with Crippen LogP contribution < -0.4 is 5.73 Å². The average Bonchev–Trinajstić information content (AvgIpc) is 2.47. The molecule has 2 fully saturated rings. The summed E-state index contributed by atoms with van der Waals surface area (Å²) in [5.41, 5.74) is 6.56. The highest BCUT2D eigenvalue weighted by molar-refractivity contribution is 8.00. The molecule has 0 bridgehead atoms. The van der Waals surface area contributed by atoms with Crippen molar-refractivity contribution in [3.8, 4) is 0 Å². The normalized spacial score (nSPS) is 32.2. The van der Waals surface area contributed by atoms with Gasteiger partial charge in [-0.15, -0.1) is 0 Å². The Morgan fingerprint density at radius 2 is 1.00 bits per heavy atom. The number of rotatable bonds is 2. The molecule has 2 atom stereocenters. The highest BCUT2D eigenvalue weighted by Crippen LogP contribution is 2.35. The summed E-state index contributed by atoms with van der Waals surface area (Å²) in [4.78, 5) is 0. The molecule has 20 heavy (non-hydrogen) atoms. The van der Waals surface area contributed by atoms with Crippen LogP contribution in [0, 0.1) is 0 Å². The Hall–Kier alpha value is 0.310. The minimum absolute atomic E-state index is 0.460. The molecule has 1 nitrogen and oxygen atoms in total. The highest BCUT2D eigenvalue weighted by Gasteiger charge is 2.23. The fourth-order valence-corrected chi connectivity index (χ4v) is 5.54. The minimum Gasteiger partial charge on any atom is -0.327 e. The Morgan fingerprint density at radius 1 is 0.550 bits per heavy atom. The van der Waals surface area contributed by atoms with Crippen molar-refractivity contribution in [1.29, 1.82) is 0 Å². The molecule has 2 N–H and O–H groups in total. The van der Waals surface area contributed by atoms with Gasteiger partial charge < -0.3 is 5.73 Å². The van der Waals surface area contributed by atoms with Crippen LogP contribution in [0.3, 0.4) is 0 Å². The molecule has 2 aliphatic carbocycles. The molecule has 2 aliphatic rings. The molecule has 2 unspecified atom stereocenters. The van der Waals surface area contributed by atoms with Crippen molar-refractivity contribution >= 4 is 11.8 Å². The first-order valence-corrected chi connectivity index (χ1v) is 10.2. The minimum atomic E-state index is 0.460. The lowest BCUT2D eigenvalue weighted by Gasteiger charge is -2.30. The van der Waals surface area contributed by atoms with E-state index in [9.17, 15) is 0 Å². The monoisotopic (exact) mass is 297 g/mol. The second kappa shape index (κ2) is 10.1. The molecule has 0 spiro atoms. The van der Waals surface area contributed by atoms with E-state index < -0.39 is 0 Å². The van der Waals surface area contributed by atoms with Crippen LogP contribution in [0.4, 0.5) is 0 Å². The van der Waals surface area contributed by atoms with Crippen molar-refractivity contribution in [2.45, 2.75) is 113 Å². The zero-order valence-corrected chi connectivity index (χ0v) is 14.1. The average molecular weight is 298 g/mol. The van der Waals surface area contributed by atoms with Crippen LogP contribution in [-0.4, -0.2) is 16.5 Å². The maximum Gasteiger partial charge on any atom is 0.0201 e. The third kappa shape index (κ3) is 6.39. The Kier molecular flexibility index (Phi) is 8.43. The maximum atomic E-state index is 6.56. The molecule has 2 heteroatoms. The van der Waals surface area contributed by atoms with E-state index in [0.717, 1.165) is 10.5 Å². The summed E-state index contributed by atoms with van der Waals surface area (Å²) in [7, 11) is 0. The van der Waals surface area contributed by atoms with Gasteiger partial charge in [-0.05, 0) is 25.7 Å². The van der Waals surface area contributed by atoms with E-state index >= 15 is 0 Å². The molecule has 0 aromatic heterocycles. The number of hydrogen-bond acceptors (Lipinski definition) is 2. The topological polar surface area (TPSA) is 26.0 Å². The van der Waals surface area contributed by atoms with Crippen LogP contribution in [0.25, 0.3) is 0 Å². The third-order valence-electron chi connectivity index (χ3n) is 5.17. The van der Waals surface area contributed by atoms with Crippen molar-refractivity contribution in [3.63, 3.8) is 0 Å².